The highest BCUT2D eigenvalue weighted by Crippen LogP contribution is 2.29. The minimum absolute atomic E-state index is 0.265. The van der Waals surface area contributed by atoms with Crippen LogP contribution in [0.15, 0.2) is 24.3 Å². The van der Waals surface area contributed by atoms with Crippen molar-refractivity contribution in [2.75, 3.05) is 0 Å². The average Bonchev–Trinajstić information content (AvgIpc) is 3.10. The lowest BCUT2D eigenvalue weighted by molar-refractivity contribution is 0.398. The Balaban J connectivity index is 1.55. The molecule has 7 heteroatoms. The lowest BCUT2D eigenvalue weighted by Crippen LogP contribution is -2.39. The molecule has 0 spiro atoms. The quantitative estimate of drug-likeness (QED) is 0.924. The molecule has 6 nitrogen and oxygen atoms in total. The van der Waals surface area contributed by atoms with E-state index in [1.807, 2.05) is 35.9 Å². The molecule has 1 atom stereocenters. The smallest absolute Gasteiger partial charge is 0.215 e. The number of rotatable bonds is 3. The van der Waals surface area contributed by atoms with E-state index in [1.165, 1.54) is 0 Å². The van der Waals surface area contributed by atoms with Crippen LogP contribution >= 0.6 is 0 Å². The van der Waals surface area contributed by atoms with Crippen LogP contribution in [0.2, 0.25) is 0 Å². The fourth-order valence-electron chi connectivity index (χ4n) is 3.61. The monoisotopic (exact) mass is 332 g/mol. The summed E-state index contributed by atoms with van der Waals surface area (Å²) in [5, 5.41) is 3.94. The summed E-state index contributed by atoms with van der Waals surface area (Å²) in [5.41, 5.74) is 2.29. The Morgan fingerprint density at radius 1 is 1.22 bits per heavy atom. The maximum atomic E-state index is 12.8. The molecule has 4 rings (SSSR count). The van der Waals surface area contributed by atoms with Gasteiger partial charge in [0.2, 0.25) is 10.0 Å². The van der Waals surface area contributed by atoms with Crippen molar-refractivity contribution >= 4 is 10.0 Å². The SMILES string of the molecule is Cc1nc2n(n1)CCC[C@H]2NS(=O)(=O)C1Cc2ccccc2C1. The van der Waals surface area contributed by atoms with Gasteiger partial charge in [0.1, 0.15) is 11.6 Å². The Bertz CT molecular complexity index is 819. The van der Waals surface area contributed by atoms with Gasteiger partial charge in [0.25, 0.3) is 0 Å². The lowest BCUT2D eigenvalue weighted by Gasteiger charge is -2.24. The molecule has 0 saturated carbocycles. The largest absolute Gasteiger partial charge is 0.248 e. The van der Waals surface area contributed by atoms with Crippen LogP contribution in [-0.4, -0.2) is 28.4 Å². The number of aryl methyl sites for hydroxylation is 2. The predicted molar refractivity (Wildman–Crippen MR) is 86.4 cm³/mol. The molecular weight excluding hydrogens is 312 g/mol. The first-order valence-corrected chi connectivity index (χ1v) is 9.57. The lowest BCUT2D eigenvalue weighted by atomic mass is 10.1. The summed E-state index contributed by atoms with van der Waals surface area (Å²) in [5.74, 6) is 1.44. The van der Waals surface area contributed by atoms with Gasteiger partial charge in [0.15, 0.2) is 0 Å². The third kappa shape index (κ3) is 2.68. The summed E-state index contributed by atoms with van der Waals surface area (Å²) < 4.78 is 30.4. The molecule has 1 aliphatic carbocycles. The van der Waals surface area contributed by atoms with E-state index in [2.05, 4.69) is 14.8 Å². The molecule has 23 heavy (non-hydrogen) atoms. The average molecular weight is 332 g/mol. The molecule has 0 saturated heterocycles. The van der Waals surface area contributed by atoms with Crippen molar-refractivity contribution < 1.29 is 8.42 Å². The van der Waals surface area contributed by atoms with Crippen molar-refractivity contribution in [1.29, 1.82) is 0 Å². The molecule has 0 amide bonds. The highest BCUT2D eigenvalue weighted by atomic mass is 32.2. The molecule has 0 radical (unpaired) electrons. The number of fused-ring (bicyclic) bond motifs is 2. The number of benzene rings is 1. The van der Waals surface area contributed by atoms with E-state index in [0.717, 1.165) is 36.3 Å². The number of aromatic nitrogens is 3. The molecule has 0 fully saturated rings. The van der Waals surface area contributed by atoms with Crippen LogP contribution in [0.3, 0.4) is 0 Å². The Morgan fingerprint density at radius 3 is 2.61 bits per heavy atom. The number of nitrogens with zero attached hydrogens (tertiary/aromatic N) is 3. The van der Waals surface area contributed by atoms with Gasteiger partial charge in [-0.1, -0.05) is 24.3 Å². The highest BCUT2D eigenvalue weighted by Gasteiger charge is 2.35. The summed E-state index contributed by atoms with van der Waals surface area (Å²) in [6.45, 7) is 2.65. The molecule has 1 N–H and O–H groups in total. The van der Waals surface area contributed by atoms with Crippen LogP contribution < -0.4 is 4.72 Å². The summed E-state index contributed by atoms with van der Waals surface area (Å²) >= 11 is 0. The Labute approximate surface area is 136 Å². The first-order chi connectivity index (χ1) is 11.0. The number of nitrogens with one attached hydrogen (secondary N) is 1. The van der Waals surface area contributed by atoms with E-state index >= 15 is 0 Å². The second kappa shape index (κ2) is 5.42. The van der Waals surface area contributed by atoms with Crippen molar-refractivity contribution in [3.8, 4) is 0 Å². The van der Waals surface area contributed by atoms with Crippen LogP contribution in [0, 0.1) is 6.92 Å². The molecule has 2 aliphatic rings. The Hall–Kier alpha value is -1.73. The van der Waals surface area contributed by atoms with E-state index in [0.29, 0.717) is 18.7 Å². The van der Waals surface area contributed by atoms with Gasteiger partial charge >= 0.3 is 0 Å². The van der Waals surface area contributed by atoms with E-state index in [9.17, 15) is 8.42 Å². The van der Waals surface area contributed by atoms with Crippen LogP contribution in [0.5, 0.6) is 0 Å². The van der Waals surface area contributed by atoms with E-state index in [-0.39, 0.29) is 11.3 Å². The van der Waals surface area contributed by atoms with Gasteiger partial charge in [-0.25, -0.2) is 22.8 Å². The van der Waals surface area contributed by atoms with Gasteiger partial charge in [0, 0.05) is 6.54 Å². The maximum absolute atomic E-state index is 12.8. The summed E-state index contributed by atoms with van der Waals surface area (Å²) in [4.78, 5) is 4.41. The fraction of sp³-hybridized carbons (Fsp3) is 0.500. The summed E-state index contributed by atoms with van der Waals surface area (Å²) in [6.07, 6.45) is 2.86. The zero-order valence-corrected chi connectivity index (χ0v) is 13.9. The summed E-state index contributed by atoms with van der Waals surface area (Å²) in [6, 6.07) is 7.71. The first-order valence-electron chi connectivity index (χ1n) is 8.02. The maximum Gasteiger partial charge on any atom is 0.215 e. The summed E-state index contributed by atoms with van der Waals surface area (Å²) in [7, 11) is -3.39. The predicted octanol–water partition coefficient (Wildman–Crippen LogP) is 1.51. The third-order valence-corrected chi connectivity index (χ3v) is 6.56. The van der Waals surface area contributed by atoms with Crippen molar-refractivity contribution in [3.63, 3.8) is 0 Å². The molecule has 0 unspecified atom stereocenters. The minimum atomic E-state index is -3.39. The zero-order chi connectivity index (χ0) is 16.0. The highest BCUT2D eigenvalue weighted by molar-refractivity contribution is 7.90. The van der Waals surface area contributed by atoms with E-state index in [1.54, 1.807) is 0 Å². The molecule has 122 valence electrons. The van der Waals surface area contributed by atoms with Gasteiger partial charge < -0.3 is 0 Å². The van der Waals surface area contributed by atoms with Crippen molar-refractivity contribution in [3.05, 3.63) is 47.0 Å². The number of hydrogen-bond donors (Lipinski definition) is 1. The second-order valence-electron chi connectivity index (χ2n) is 6.40. The molecule has 1 aliphatic heterocycles. The third-order valence-electron chi connectivity index (χ3n) is 4.74. The Morgan fingerprint density at radius 2 is 1.91 bits per heavy atom. The second-order valence-corrected chi connectivity index (χ2v) is 8.39. The molecule has 2 heterocycles. The van der Waals surface area contributed by atoms with Gasteiger partial charge in [-0.2, -0.15) is 5.10 Å². The van der Waals surface area contributed by atoms with Crippen molar-refractivity contribution in [2.24, 2.45) is 0 Å². The molecule has 0 bridgehead atoms. The fourth-order valence-corrected chi connectivity index (χ4v) is 5.22. The molecule has 1 aromatic heterocycles. The van der Waals surface area contributed by atoms with E-state index in [4.69, 9.17) is 0 Å². The molecule has 2 aromatic rings. The molecular formula is C16H20N4O2S. The van der Waals surface area contributed by atoms with Gasteiger partial charge in [-0.15, -0.1) is 0 Å². The standard InChI is InChI=1S/C16H20N4O2S/c1-11-17-16-15(7-4-8-20(16)18-11)19-23(21,22)14-9-12-5-2-3-6-13(12)10-14/h2-3,5-6,14-15,19H,4,7-10H2,1H3/t15-/m1/s1. The Kier molecular flexibility index (Phi) is 3.50. The van der Waals surface area contributed by atoms with Crippen LogP contribution in [0.4, 0.5) is 0 Å². The van der Waals surface area contributed by atoms with Gasteiger partial charge in [0.05, 0.1) is 11.3 Å². The normalized spacial score (nSPS) is 21.2. The zero-order valence-electron chi connectivity index (χ0n) is 13.1. The number of hydrogen-bond acceptors (Lipinski definition) is 4. The van der Waals surface area contributed by atoms with Crippen LogP contribution in [0.25, 0.3) is 0 Å². The number of sulfonamides is 1. The van der Waals surface area contributed by atoms with Crippen molar-refractivity contribution in [2.45, 2.75) is 50.4 Å². The first kappa shape index (κ1) is 14.8. The topological polar surface area (TPSA) is 76.9 Å². The van der Waals surface area contributed by atoms with Crippen molar-refractivity contribution in [1.82, 2.24) is 19.5 Å². The molecule has 1 aromatic carbocycles. The minimum Gasteiger partial charge on any atom is -0.248 e. The van der Waals surface area contributed by atoms with Gasteiger partial charge in [-0.05, 0) is 43.7 Å². The van der Waals surface area contributed by atoms with Crippen LogP contribution in [-0.2, 0) is 29.4 Å². The van der Waals surface area contributed by atoms with Crippen LogP contribution in [0.1, 0.15) is 41.7 Å². The van der Waals surface area contributed by atoms with Gasteiger partial charge in [-0.3, -0.25) is 0 Å². The van der Waals surface area contributed by atoms with E-state index < -0.39 is 10.0 Å².